The van der Waals surface area contributed by atoms with E-state index < -0.39 is 5.97 Å². The van der Waals surface area contributed by atoms with Crippen LogP contribution in [0.5, 0.6) is 5.88 Å². The minimum absolute atomic E-state index is 0.0298. The fourth-order valence-corrected chi connectivity index (χ4v) is 3.43. The summed E-state index contributed by atoms with van der Waals surface area (Å²) in [7, 11) is 0. The molecule has 1 saturated carbocycles. The van der Waals surface area contributed by atoms with E-state index >= 15 is 0 Å². The molecule has 3 aromatic rings. The van der Waals surface area contributed by atoms with Crippen molar-refractivity contribution in [2.24, 2.45) is 0 Å². The maximum Gasteiger partial charge on any atom is 0.359 e. The van der Waals surface area contributed by atoms with Gasteiger partial charge >= 0.3 is 5.97 Å². The zero-order chi connectivity index (χ0) is 17.9. The predicted molar refractivity (Wildman–Crippen MR) is 92.5 cm³/mol. The summed E-state index contributed by atoms with van der Waals surface area (Å²) in [6.07, 6.45) is 7.36. The predicted octanol–water partition coefficient (Wildman–Crippen LogP) is 2.79. The highest BCUT2D eigenvalue weighted by molar-refractivity contribution is 5.87. The lowest BCUT2D eigenvalue weighted by molar-refractivity contribution is 0.0678. The molecule has 0 saturated heterocycles. The van der Waals surface area contributed by atoms with Gasteiger partial charge in [-0.1, -0.05) is 22.4 Å². The van der Waals surface area contributed by atoms with E-state index in [0.29, 0.717) is 5.92 Å². The molecule has 1 aliphatic rings. The number of carbonyl (C=O) groups is 1. The van der Waals surface area contributed by atoms with Crippen molar-refractivity contribution in [2.45, 2.75) is 37.7 Å². The largest absolute Gasteiger partial charge is 0.476 e. The molecule has 8 nitrogen and oxygen atoms in total. The normalized spacial score (nSPS) is 20.0. The minimum Gasteiger partial charge on any atom is -0.476 e. The summed E-state index contributed by atoms with van der Waals surface area (Å²) < 4.78 is 7.58. The smallest absolute Gasteiger partial charge is 0.359 e. The Bertz CT molecular complexity index is 865. The number of hydrogen-bond donors (Lipinski definition) is 2. The Labute approximate surface area is 149 Å². The third kappa shape index (κ3) is 3.30. The molecule has 0 amide bonds. The highest BCUT2D eigenvalue weighted by Gasteiger charge is 2.26. The molecule has 2 N–H and O–H groups in total. The number of aromatic carboxylic acids is 1. The molecule has 1 fully saturated rings. The minimum atomic E-state index is -1.11. The van der Waals surface area contributed by atoms with E-state index in [4.69, 9.17) is 9.84 Å². The first kappa shape index (κ1) is 16.3. The summed E-state index contributed by atoms with van der Waals surface area (Å²) >= 11 is 0. The quantitative estimate of drug-likeness (QED) is 0.730. The van der Waals surface area contributed by atoms with E-state index in [0.717, 1.165) is 31.4 Å². The first-order valence-corrected chi connectivity index (χ1v) is 8.61. The molecule has 0 bridgehead atoms. The second-order valence-corrected chi connectivity index (χ2v) is 6.43. The molecule has 1 aliphatic carbocycles. The van der Waals surface area contributed by atoms with Crippen LogP contribution in [0.4, 0.5) is 0 Å². The van der Waals surface area contributed by atoms with Crippen LogP contribution in [0.25, 0.3) is 5.69 Å². The molecule has 2 aromatic heterocycles. The Kier molecular flexibility index (Phi) is 4.39. The van der Waals surface area contributed by atoms with Crippen LogP contribution in [0.15, 0.2) is 42.7 Å². The zero-order valence-corrected chi connectivity index (χ0v) is 14.1. The number of nitrogens with one attached hydrogen (secondary N) is 1. The van der Waals surface area contributed by atoms with Gasteiger partial charge in [-0.2, -0.15) is 5.10 Å². The summed E-state index contributed by atoms with van der Waals surface area (Å²) in [5.41, 5.74) is 2.26. The summed E-state index contributed by atoms with van der Waals surface area (Å²) in [4.78, 5) is 11.1. The van der Waals surface area contributed by atoms with E-state index in [1.54, 1.807) is 6.20 Å². The number of hydrogen-bond acceptors (Lipinski definition) is 5. The fourth-order valence-electron chi connectivity index (χ4n) is 3.43. The number of H-pyrrole nitrogens is 1. The van der Waals surface area contributed by atoms with Gasteiger partial charge < -0.3 is 9.84 Å². The maximum absolute atomic E-state index is 11.1. The highest BCUT2D eigenvalue weighted by atomic mass is 16.5. The Morgan fingerprint density at radius 3 is 2.62 bits per heavy atom. The molecule has 0 atom stereocenters. The van der Waals surface area contributed by atoms with Crippen LogP contribution in [0.1, 0.15) is 47.7 Å². The molecule has 8 heteroatoms. The summed E-state index contributed by atoms with van der Waals surface area (Å²) in [6.45, 7) is 0. The first-order valence-electron chi connectivity index (χ1n) is 8.61. The molecule has 0 spiro atoms. The summed E-state index contributed by atoms with van der Waals surface area (Å²) in [6, 6.07) is 10.4. The lowest BCUT2D eigenvalue weighted by Crippen LogP contribution is -2.24. The molecule has 26 heavy (non-hydrogen) atoms. The van der Waals surface area contributed by atoms with E-state index in [1.807, 2.05) is 16.9 Å². The van der Waals surface area contributed by atoms with E-state index in [-0.39, 0.29) is 17.7 Å². The van der Waals surface area contributed by atoms with Gasteiger partial charge in [-0.15, -0.1) is 0 Å². The molecule has 1 aromatic carbocycles. The molecular formula is C18H19N5O3. The Morgan fingerprint density at radius 2 is 1.96 bits per heavy atom. The second kappa shape index (κ2) is 6.99. The average molecular weight is 353 g/mol. The number of carboxylic acid groups (broad SMARTS) is 1. The molecule has 0 aliphatic heterocycles. The van der Waals surface area contributed by atoms with Crippen LogP contribution in [0.3, 0.4) is 0 Å². The van der Waals surface area contributed by atoms with Gasteiger partial charge in [0, 0.05) is 12.4 Å². The second-order valence-electron chi connectivity index (χ2n) is 6.43. The number of aromatic amines is 1. The molecule has 0 radical (unpaired) electrons. The molecule has 2 heterocycles. The molecule has 4 rings (SSSR count). The van der Waals surface area contributed by atoms with E-state index in [2.05, 4.69) is 44.8 Å². The summed E-state index contributed by atoms with van der Waals surface area (Å²) in [5.74, 6) is -0.557. The number of rotatable bonds is 5. The number of ether oxygens (including phenoxy) is 1. The molecular weight excluding hydrogens is 334 g/mol. The van der Waals surface area contributed by atoms with Crippen LogP contribution >= 0.6 is 0 Å². The Hall–Kier alpha value is -3.16. The standard InChI is InChI=1S/C18H19N5O3/c24-18(25)16-17(21-22-20-16)26-15-8-4-13(5-9-15)12-2-6-14(7-3-12)23-11-1-10-19-23/h1-3,6-7,10-11,13,15H,4-5,8-9H2,(H,24,25)(H,20,21,22). The summed E-state index contributed by atoms with van der Waals surface area (Å²) in [5, 5.41) is 22.9. The van der Waals surface area contributed by atoms with Crippen LogP contribution < -0.4 is 4.74 Å². The van der Waals surface area contributed by atoms with Gasteiger partial charge in [0.2, 0.25) is 5.69 Å². The number of aromatic nitrogens is 5. The van der Waals surface area contributed by atoms with Crippen molar-refractivity contribution < 1.29 is 14.6 Å². The lowest BCUT2D eigenvalue weighted by atomic mass is 9.82. The number of nitrogens with zero attached hydrogens (tertiary/aromatic N) is 4. The van der Waals surface area contributed by atoms with Gasteiger partial charge in [-0.3, -0.25) is 0 Å². The SMILES string of the molecule is O=C(O)c1[nH]nnc1OC1CCC(c2ccc(-n3cccn3)cc2)CC1. The highest BCUT2D eigenvalue weighted by Crippen LogP contribution is 2.34. The fraction of sp³-hybridized carbons (Fsp3) is 0.333. The van der Waals surface area contributed by atoms with Gasteiger partial charge in [-0.05, 0) is 55.4 Å². The number of carboxylic acids is 1. The lowest BCUT2D eigenvalue weighted by Gasteiger charge is -2.28. The van der Waals surface area contributed by atoms with Gasteiger partial charge in [0.25, 0.3) is 5.88 Å². The van der Waals surface area contributed by atoms with Crippen molar-refractivity contribution in [3.63, 3.8) is 0 Å². The van der Waals surface area contributed by atoms with Crippen molar-refractivity contribution in [3.05, 3.63) is 54.0 Å². The molecule has 134 valence electrons. The van der Waals surface area contributed by atoms with Crippen LogP contribution in [0, 0.1) is 0 Å². The monoisotopic (exact) mass is 353 g/mol. The van der Waals surface area contributed by atoms with Crippen molar-refractivity contribution in [3.8, 4) is 11.6 Å². The first-order chi connectivity index (χ1) is 12.7. The maximum atomic E-state index is 11.1. The van der Waals surface area contributed by atoms with Crippen LogP contribution in [-0.4, -0.2) is 42.4 Å². The van der Waals surface area contributed by atoms with Crippen LogP contribution in [0.2, 0.25) is 0 Å². The van der Waals surface area contributed by atoms with Crippen LogP contribution in [-0.2, 0) is 0 Å². The van der Waals surface area contributed by atoms with Crippen molar-refractivity contribution in [1.82, 2.24) is 25.2 Å². The molecule has 0 unspecified atom stereocenters. The van der Waals surface area contributed by atoms with Gasteiger partial charge in [0.05, 0.1) is 5.69 Å². The average Bonchev–Trinajstić information content (AvgIpc) is 3.34. The third-order valence-corrected chi connectivity index (χ3v) is 4.82. The Balaban J connectivity index is 1.36. The van der Waals surface area contributed by atoms with Crippen molar-refractivity contribution in [2.75, 3.05) is 0 Å². The third-order valence-electron chi connectivity index (χ3n) is 4.82. The Morgan fingerprint density at radius 1 is 1.19 bits per heavy atom. The van der Waals surface area contributed by atoms with Gasteiger partial charge in [0.15, 0.2) is 0 Å². The van der Waals surface area contributed by atoms with E-state index in [9.17, 15) is 4.79 Å². The number of benzene rings is 1. The van der Waals surface area contributed by atoms with Crippen molar-refractivity contribution >= 4 is 5.97 Å². The van der Waals surface area contributed by atoms with E-state index in [1.165, 1.54) is 5.56 Å². The topological polar surface area (TPSA) is 106 Å². The van der Waals surface area contributed by atoms with Gasteiger partial charge in [-0.25, -0.2) is 14.6 Å². The van der Waals surface area contributed by atoms with Crippen molar-refractivity contribution in [1.29, 1.82) is 0 Å². The zero-order valence-electron chi connectivity index (χ0n) is 14.1. The van der Waals surface area contributed by atoms with Gasteiger partial charge in [0.1, 0.15) is 6.10 Å².